The van der Waals surface area contributed by atoms with E-state index in [4.69, 9.17) is 10.5 Å². The van der Waals surface area contributed by atoms with Gasteiger partial charge in [-0.2, -0.15) is 0 Å². The van der Waals surface area contributed by atoms with Gasteiger partial charge in [-0.05, 0) is 24.0 Å². The summed E-state index contributed by atoms with van der Waals surface area (Å²) in [6.07, 6.45) is 1.98. The molecule has 0 aliphatic carbocycles. The lowest BCUT2D eigenvalue weighted by atomic mass is 10.2. The zero-order valence-corrected chi connectivity index (χ0v) is 13.3. The smallest absolute Gasteiger partial charge is 0.242 e. The van der Waals surface area contributed by atoms with Gasteiger partial charge in [0.1, 0.15) is 5.75 Å². The van der Waals surface area contributed by atoms with Crippen molar-refractivity contribution in [2.75, 3.05) is 33.5 Å². The quantitative estimate of drug-likeness (QED) is 0.714. The number of hydrogen-bond donors (Lipinski definition) is 2. The van der Waals surface area contributed by atoms with Crippen LogP contribution in [0.5, 0.6) is 5.75 Å². The SMILES string of the molecule is COc1cc(CN(C)C(=O)CNC(=O)CN)ccc1SC. The number of benzene rings is 1. The highest BCUT2D eigenvalue weighted by atomic mass is 32.2. The van der Waals surface area contributed by atoms with Crippen LogP contribution in [0.15, 0.2) is 23.1 Å². The number of carbonyl (C=O) groups excluding carboxylic acids is 2. The second kappa shape index (κ2) is 8.53. The highest BCUT2D eigenvalue weighted by Gasteiger charge is 2.11. The molecule has 0 atom stereocenters. The summed E-state index contributed by atoms with van der Waals surface area (Å²) in [5.74, 6) is 0.268. The van der Waals surface area contributed by atoms with Crippen LogP contribution in [-0.2, 0) is 16.1 Å². The van der Waals surface area contributed by atoms with Gasteiger partial charge in [-0.3, -0.25) is 9.59 Å². The Morgan fingerprint density at radius 3 is 2.71 bits per heavy atom. The number of amides is 2. The molecule has 0 heterocycles. The Bertz CT molecular complexity index is 508. The molecule has 1 aromatic rings. The summed E-state index contributed by atoms with van der Waals surface area (Å²) in [5, 5.41) is 2.46. The van der Waals surface area contributed by atoms with E-state index in [0.29, 0.717) is 6.54 Å². The van der Waals surface area contributed by atoms with Gasteiger partial charge in [0, 0.05) is 18.5 Å². The monoisotopic (exact) mass is 311 g/mol. The zero-order chi connectivity index (χ0) is 15.8. The first kappa shape index (κ1) is 17.3. The van der Waals surface area contributed by atoms with Crippen molar-refractivity contribution in [2.24, 2.45) is 5.73 Å². The molecule has 21 heavy (non-hydrogen) atoms. The predicted molar refractivity (Wildman–Crippen MR) is 83.3 cm³/mol. The number of ether oxygens (including phenoxy) is 1. The molecule has 3 N–H and O–H groups in total. The van der Waals surface area contributed by atoms with Crippen molar-refractivity contribution in [3.63, 3.8) is 0 Å². The van der Waals surface area contributed by atoms with E-state index < -0.39 is 0 Å². The van der Waals surface area contributed by atoms with Crippen LogP contribution < -0.4 is 15.8 Å². The van der Waals surface area contributed by atoms with Gasteiger partial charge in [0.15, 0.2) is 0 Å². The average molecular weight is 311 g/mol. The Labute approximate surface area is 129 Å². The topological polar surface area (TPSA) is 84.7 Å². The van der Waals surface area contributed by atoms with Gasteiger partial charge in [0.05, 0.1) is 20.2 Å². The molecule has 7 heteroatoms. The van der Waals surface area contributed by atoms with Crippen LogP contribution in [0.25, 0.3) is 0 Å². The van der Waals surface area contributed by atoms with Crippen LogP contribution in [0.4, 0.5) is 0 Å². The lowest BCUT2D eigenvalue weighted by Gasteiger charge is -2.18. The number of nitrogens with two attached hydrogens (primary N) is 1. The lowest BCUT2D eigenvalue weighted by Crippen LogP contribution is -2.40. The maximum atomic E-state index is 11.9. The Morgan fingerprint density at radius 1 is 1.43 bits per heavy atom. The molecule has 116 valence electrons. The summed E-state index contributed by atoms with van der Waals surface area (Å²) in [7, 11) is 3.31. The van der Waals surface area contributed by atoms with E-state index in [9.17, 15) is 9.59 Å². The van der Waals surface area contributed by atoms with E-state index in [1.165, 1.54) is 0 Å². The van der Waals surface area contributed by atoms with E-state index in [-0.39, 0.29) is 24.9 Å². The molecule has 1 rings (SSSR count). The summed E-state index contributed by atoms with van der Waals surface area (Å²) in [6, 6.07) is 5.83. The van der Waals surface area contributed by atoms with E-state index in [1.54, 1.807) is 30.8 Å². The summed E-state index contributed by atoms with van der Waals surface area (Å²) in [6.45, 7) is 0.277. The van der Waals surface area contributed by atoms with Crippen molar-refractivity contribution < 1.29 is 14.3 Å². The number of methoxy groups -OCH3 is 1. The van der Waals surface area contributed by atoms with Gasteiger partial charge in [0.25, 0.3) is 0 Å². The predicted octanol–water partition coefficient (Wildman–Crippen LogP) is 0.450. The maximum absolute atomic E-state index is 11.9. The van der Waals surface area contributed by atoms with Crippen LogP contribution in [0.2, 0.25) is 0 Å². The molecule has 0 aromatic heterocycles. The Kier molecular flexibility index (Phi) is 7.04. The molecule has 0 saturated heterocycles. The molecule has 0 unspecified atom stereocenters. The minimum Gasteiger partial charge on any atom is -0.496 e. The van der Waals surface area contributed by atoms with E-state index in [1.807, 2.05) is 24.5 Å². The first-order chi connectivity index (χ1) is 10.0. The van der Waals surface area contributed by atoms with E-state index >= 15 is 0 Å². The third-order valence-electron chi connectivity index (χ3n) is 2.92. The molecule has 2 amide bonds. The van der Waals surface area contributed by atoms with Crippen LogP contribution in [0.1, 0.15) is 5.56 Å². The number of rotatable bonds is 7. The van der Waals surface area contributed by atoms with Crippen LogP contribution in [-0.4, -0.2) is 50.2 Å². The van der Waals surface area contributed by atoms with Gasteiger partial charge >= 0.3 is 0 Å². The molecular formula is C14H21N3O3S. The summed E-state index contributed by atoms with van der Waals surface area (Å²) in [5.41, 5.74) is 6.13. The molecule has 0 fully saturated rings. The fraction of sp³-hybridized carbons (Fsp3) is 0.429. The average Bonchev–Trinajstić information content (AvgIpc) is 2.51. The third kappa shape index (κ3) is 5.28. The first-order valence-corrected chi connectivity index (χ1v) is 7.66. The number of hydrogen-bond acceptors (Lipinski definition) is 5. The van der Waals surface area contributed by atoms with Gasteiger partial charge in [0.2, 0.25) is 11.8 Å². The molecule has 0 aliphatic rings. The van der Waals surface area contributed by atoms with Crippen molar-refractivity contribution in [2.45, 2.75) is 11.4 Å². The highest BCUT2D eigenvalue weighted by Crippen LogP contribution is 2.28. The number of nitrogens with zero attached hydrogens (tertiary/aromatic N) is 1. The second-order valence-corrected chi connectivity index (χ2v) is 5.27. The van der Waals surface area contributed by atoms with Gasteiger partial charge in [-0.25, -0.2) is 0 Å². The first-order valence-electron chi connectivity index (χ1n) is 6.43. The minimum atomic E-state index is -0.345. The summed E-state index contributed by atoms with van der Waals surface area (Å²) in [4.78, 5) is 25.5. The summed E-state index contributed by atoms with van der Waals surface area (Å²) < 4.78 is 5.32. The van der Waals surface area contributed by atoms with Crippen molar-refractivity contribution >= 4 is 23.6 Å². The van der Waals surface area contributed by atoms with Crippen LogP contribution in [0.3, 0.4) is 0 Å². The lowest BCUT2D eigenvalue weighted by molar-refractivity contribution is -0.131. The molecular weight excluding hydrogens is 290 g/mol. The van der Waals surface area contributed by atoms with Gasteiger partial charge < -0.3 is 20.7 Å². The van der Waals surface area contributed by atoms with Crippen molar-refractivity contribution in [1.82, 2.24) is 10.2 Å². The van der Waals surface area contributed by atoms with Crippen molar-refractivity contribution in [3.05, 3.63) is 23.8 Å². The fourth-order valence-corrected chi connectivity index (χ4v) is 2.27. The molecule has 0 spiro atoms. The van der Waals surface area contributed by atoms with Crippen LogP contribution in [0, 0.1) is 0 Å². The second-order valence-electron chi connectivity index (χ2n) is 4.42. The number of thioether (sulfide) groups is 1. The number of carbonyl (C=O) groups is 2. The molecule has 0 radical (unpaired) electrons. The Hall–Kier alpha value is -1.73. The molecule has 0 bridgehead atoms. The molecule has 6 nitrogen and oxygen atoms in total. The Morgan fingerprint density at radius 2 is 2.14 bits per heavy atom. The zero-order valence-electron chi connectivity index (χ0n) is 12.5. The van der Waals surface area contributed by atoms with Gasteiger partial charge in [-0.1, -0.05) is 6.07 Å². The van der Waals surface area contributed by atoms with Crippen molar-refractivity contribution in [3.8, 4) is 5.75 Å². The highest BCUT2D eigenvalue weighted by molar-refractivity contribution is 7.98. The molecule has 1 aromatic carbocycles. The van der Waals surface area contributed by atoms with Gasteiger partial charge in [-0.15, -0.1) is 11.8 Å². The minimum absolute atomic E-state index is 0.0490. The summed E-state index contributed by atoms with van der Waals surface area (Å²) >= 11 is 1.60. The normalized spacial score (nSPS) is 10.1. The van der Waals surface area contributed by atoms with Crippen LogP contribution >= 0.6 is 11.8 Å². The Balaban J connectivity index is 2.63. The van der Waals surface area contributed by atoms with Crippen molar-refractivity contribution in [1.29, 1.82) is 0 Å². The van der Waals surface area contributed by atoms with E-state index in [0.717, 1.165) is 16.2 Å². The number of nitrogens with one attached hydrogen (secondary N) is 1. The maximum Gasteiger partial charge on any atom is 0.242 e. The fourth-order valence-electron chi connectivity index (χ4n) is 1.72. The third-order valence-corrected chi connectivity index (χ3v) is 3.69. The largest absolute Gasteiger partial charge is 0.496 e. The molecule has 0 saturated carbocycles. The standard InChI is InChI=1S/C14H21N3O3S/c1-17(14(19)8-16-13(18)7-15)9-10-4-5-12(21-3)11(6-10)20-2/h4-6H,7-9,15H2,1-3H3,(H,16,18). The molecule has 0 aliphatic heterocycles. The number of likely N-dealkylation sites (N-methyl/N-ethyl adjacent to an activating group) is 1. The van der Waals surface area contributed by atoms with E-state index in [2.05, 4.69) is 5.32 Å².